The van der Waals surface area contributed by atoms with Gasteiger partial charge in [-0.2, -0.15) is 5.10 Å². The van der Waals surface area contributed by atoms with E-state index in [0.29, 0.717) is 28.3 Å². The second-order valence-electron chi connectivity index (χ2n) is 9.36. The monoisotopic (exact) mass is 596 g/mol. The van der Waals surface area contributed by atoms with E-state index >= 15 is 0 Å². The van der Waals surface area contributed by atoms with E-state index < -0.39 is 5.25 Å². The number of halogens is 1. The van der Waals surface area contributed by atoms with Crippen LogP contribution in [0, 0.1) is 6.92 Å². The van der Waals surface area contributed by atoms with Gasteiger partial charge in [-0.15, -0.1) is 10.2 Å². The van der Waals surface area contributed by atoms with Gasteiger partial charge in [0.25, 0.3) is 5.91 Å². The van der Waals surface area contributed by atoms with Crippen molar-refractivity contribution in [3.63, 3.8) is 0 Å². The van der Waals surface area contributed by atoms with Gasteiger partial charge in [0.05, 0.1) is 18.0 Å². The van der Waals surface area contributed by atoms with Crippen molar-refractivity contribution < 1.29 is 9.53 Å². The summed E-state index contributed by atoms with van der Waals surface area (Å²) >= 11 is 7.42. The third kappa shape index (κ3) is 7.57. The van der Waals surface area contributed by atoms with E-state index in [1.807, 2.05) is 122 Å². The molecule has 2 N–H and O–H groups in total. The summed E-state index contributed by atoms with van der Waals surface area (Å²) in [6.07, 6.45) is 1.59. The van der Waals surface area contributed by atoms with E-state index in [9.17, 15) is 4.79 Å². The average molecular weight is 597 g/mol. The number of anilines is 1. The second-order valence-corrected chi connectivity index (χ2v) is 11.1. The molecule has 0 saturated heterocycles. The lowest BCUT2D eigenvalue weighted by Gasteiger charge is -2.14. The zero-order valence-electron chi connectivity index (χ0n) is 23.1. The second kappa shape index (κ2) is 13.8. The summed E-state index contributed by atoms with van der Waals surface area (Å²) in [4.78, 5) is 12.9. The normalized spacial score (nSPS) is 11.8. The zero-order valence-corrected chi connectivity index (χ0v) is 24.6. The number of carbonyl (C=O) groups excluding carboxylic acids is 1. The van der Waals surface area contributed by atoms with Crippen molar-refractivity contribution in [1.82, 2.24) is 20.2 Å². The molecule has 1 amide bonds. The first-order valence-electron chi connectivity index (χ1n) is 13.3. The number of benzene rings is 4. The number of aryl methyl sites for hydroxylation is 1. The minimum atomic E-state index is -0.485. The topological polar surface area (TPSA) is 93.4 Å². The summed E-state index contributed by atoms with van der Waals surface area (Å²) in [6, 6.07) is 32.5. The van der Waals surface area contributed by atoms with Gasteiger partial charge in [0.2, 0.25) is 0 Å². The van der Waals surface area contributed by atoms with Crippen molar-refractivity contribution in [3.05, 3.63) is 125 Å². The lowest BCUT2D eigenvalue weighted by atomic mass is 10.2. The number of nitrogens with zero attached hydrogens (tertiary/aromatic N) is 4. The van der Waals surface area contributed by atoms with E-state index in [2.05, 4.69) is 26.0 Å². The van der Waals surface area contributed by atoms with Crippen molar-refractivity contribution in [3.8, 4) is 17.2 Å². The lowest BCUT2D eigenvalue weighted by Crippen LogP contribution is -2.27. The summed E-state index contributed by atoms with van der Waals surface area (Å²) in [7, 11) is 0. The summed E-state index contributed by atoms with van der Waals surface area (Å²) in [6.45, 7) is 4.24. The number of amides is 1. The van der Waals surface area contributed by atoms with Crippen molar-refractivity contribution in [2.45, 2.75) is 30.8 Å². The van der Waals surface area contributed by atoms with Gasteiger partial charge < -0.3 is 10.1 Å². The number of rotatable bonds is 11. The van der Waals surface area contributed by atoms with Crippen LogP contribution in [0.15, 0.2) is 113 Å². The van der Waals surface area contributed by atoms with Crippen molar-refractivity contribution in [2.75, 3.05) is 5.32 Å². The molecule has 5 aromatic rings. The Hall–Kier alpha value is -4.60. The number of para-hydroxylation sites is 2. The maximum atomic E-state index is 12.9. The molecule has 1 aromatic heterocycles. The van der Waals surface area contributed by atoms with Gasteiger partial charge in [-0.1, -0.05) is 71.9 Å². The molecule has 4 aromatic carbocycles. The molecule has 0 radical (unpaired) electrons. The van der Waals surface area contributed by atoms with E-state index in [4.69, 9.17) is 16.3 Å². The predicted molar refractivity (Wildman–Crippen MR) is 169 cm³/mol. The van der Waals surface area contributed by atoms with Crippen LogP contribution in [0.4, 0.5) is 5.69 Å². The molecular formula is C32H29ClN6O2S. The SMILES string of the molecule is Cc1cc(Cl)ccc1NCc1nnc(S[C@H](C)C(=O)N/N=C\c2cccc(Oc3ccccc3)c2)n1-c1ccccc1. The number of thioether (sulfide) groups is 1. The predicted octanol–water partition coefficient (Wildman–Crippen LogP) is 7.26. The number of hydrogen-bond acceptors (Lipinski definition) is 7. The van der Waals surface area contributed by atoms with Crippen LogP contribution in [0.25, 0.3) is 5.69 Å². The molecule has 0 aliphatic rings. The van der Waals surface area contributed by atoms with Crippen LogP contribution < -0.4 is 15.5 Å². The highest BCUT2D eigenvalue weighted by Crippen LogP contribution is 2.27. The molecule has 0 aliphatic carbocycles. The first-order valence-corrected chi connectivity index (χ1v) is 14.5. The number of hydrazone groups is 1. The van der Waals surface area contributed by atoms with E-state index in [1.165, 1.54) is 11.8 Å². The molecule has 0 aliphatic heterocycles. The summed E-state index contributed by atoms with van der Waals surface area (Å²) in [5.41, 5.74) is 6.31. The van der Waals surface area contributed by atoms with Gasteiger partial charge in [-0.25, -0.2) is 5.43 Å². The molecule has 1 atom stereocenters. The average Bonchev–Trinajstić information content (AvgIpc) is 3.40. The Morgan fingerprint density at radius 1 is 0.976 bits per heavy atom. The standard InChI is InChI=1S/C32H29ClN6O2S/c1-22-18-25(33)16-17-29(22)34-21-30-36-38-32(39(30)26-11-5-3-6-12-26)42-23(2)31(40)37-35-20-24-10-9-15-28(19-24)41-27-13-7-4-8-14-27/h3-20,23,34H,21H2,1-2H3,(H,37,40)/b35-20-/t23-/m1/s1. The van der Waals surface area contributed by atoms with Crippen LogP contribution in [0.5, 0.6) is 11.5 Å². The molecule has 0 fully saturated rings. The van der Waals surface area contributed by atoms with Crippen LogP contribution in [-0.4, -0.2) is 32.1 Å². The summed E-state index contributed by atoms with van der Waals surface area (Å²) in [5.74, 6) is 1.87. The Balaban J connectivity index is 1.24. The molecule has 0 saturated carbocycles. The molecular weight excluding hydrogens is 568 g/mol. The molecule has 8 nitrogen and oxygen atoms in total. The minimum absolute atomic E-state index is 0.257. The van der Waals surface area contributed by atoms with Gasteiger partial charge in [0.1, 0.15) is 11.5 Å². The van der Waals surface area contributed by atoms with Crippen LogP contribution >= 0.6 is 23.4 Å². The highest BCUT2D eigenvalue weighted by atomic mass is 35.5. The smallest absolute Gasteiger partial charge is 0.253 e. The first kappa shape index (κ1) is 28.9. The molecule has 42 heavy (non-hydrogen) atoms. The van der Waals surface area contributed by atoms with Gasteiger partial charge in [0.15, 0.2) is 11.0 Å². The summed E-state index contributed by atoms with van der Waals surface area (Å²) < 4.78 is 7.83. The van der Waals surface area contributed by atoms with Gasteiger partial charge in [-0.05, 0) is 79.6 Å². The Morgan fingerprint density at radius 2 is 1.71 bits per heavy atom. The van der Waals surface area contributed by atoms with E-state index in [-0.39, 0.29) is 5.91 Å². The maximum absolute atomic E-state index is 12.9. The van der Waals surface area contributed by atoms with Gasteiger partial charge >= 0.3 is 0 Å². The molecule has 0 bridgehead atoms. The van der Waals surface area contributed by atoms with Crippen molar-refractivity contribution in [1.29, 1.82) is 0 Å². The molecule has 10 heteroatoms. The number of aromatic nitrogens is 3. The fourth-order valence-corrected chi connectivity index (χ4v) is 5.19. The van der Waals surface area contributed by atoms with Crippen LogP contribution in [0.2, 0.25) is 5.02 Å². The fourth-order valence-electron chi connectivity index (χ4n) is 4.08. The van der Waals surface area contributed by atoms with E-state index in [1.54, 1.807) is 6.21 Å². The fraction of sp³-hybridized carbons (Fsp3) is 0.125. The first-order chi connectivity index (χ1) is 20.5. The van der Waals surface area contributed by atoms with Crippen molar-refractivity contribution in [2.24, 2.45) is 5.10 Å². The van der Waals surface area contributed by atoms with Gasteiger partial charge in [-0.3, -0.25) is 9.36 Å². The molecule has 5 rings (SSSR count). The van der Waals surface area contributed by atoms with Crippen LogP contribution in [0.1, 0.15) is 23.9 Å². The number of nitrogens with one attached hydrogen (secondary N) is 2. The quantitative estimate of drug-likeness (QED) is 0.0946. The Kier molecular flexibility index (Phi) is 9.53. The zero-order chi connectivity index (χ0) is 29.3. The third-order valence-electron chi connectivity index (χ3n) is 6.22. The highest BCUT2D eigenvalue weighted by molar-refractivity contribution is 8.00. The molecule has 212 valence electrons. The lowest BCUT2D eigenvalue weighted by molar-refractivity contribution is -0.120. The molecule has 0 unspecified atom stereocenters. The molecule has 1 heterocycles. The maximum Gasteiger partial charge on any atom is 0.253 e. The Morgan fingerprint density at radius 3 is 2.48 bits per heavy atom. The highest BCUT2D eigenvalue weighted by Gasteiger charge is 2.21. The number of ether oxygens (including phenoxy) is 1. The van der Waals surface area contributed by atoms with Crippen LogP contribution in [0.3, 0.4) is 0 Å². The Bertz CT molecular complexity index is 1680. The summed E-state index contributed by atoms with van der Waals surface area (Å²) in [5, 5.41) is 17.2. The van der Waals surface area contributed by atoms with Crippen LogP contribution in [-0.2, 0) is 11.3 Å². The molecule has 0 spiro atoms. The van der Waals surface area contributed by atoms with Gasteiger partial charge in [0, 0.05) is 16.4 Å². The minimum Gasteiger partial charge on any atom is -0.457 e. The number of hydrogen-bond donors (Lipinski definition) is 2. The van der Waals surface area contributed by atoms with E-state index in [0.717, 1.165) is 28.3 Å². The van der Waals surface area contributed by atoms with Crippen molar-refractivity contribution >= 4 is 41.2 Å². The third-order valence-corrected chi connectivity index (χ3v) is 7.49. The largest absolute Gasteiger partial charge is 0.457 e. The number of carbonyl (C=O) groups is 1. The Labute approximate surface area is 253 Å².